The number of aromatic nitrogens is 4. The Labute approximate surface area is 90.2 Å². The molecule has 1 saturated carbocycles. The second-order valence-corrected chi connectivity index (χ2v) is 4.50. The van der Waals surface area contributed by atoms with Crippen LogP contribution in [0.25, 0.3) is 0 Å². The average molecular weight is 209 g/mol. The molecule has 1 heterocycles. The lowest BCUT2D eigenvalue weighted by atomic mass is 9.87. The van der Waals surface area contributed by atoms with E-state index in [1.54, 1.807) is 0 Å². The minimum atomic E-state index is 0.507. The number of rotatable bonds is 3. The number of nitrogens with one attached hydrogen (secondary N) is 1. The third-order valence-electron chi connectivity index (χ3n) is 3.15. The minimum Gasteiger partial charge on any atom is -0.313 e. The van der Waals surface area contributed by atoms with Crippen LogP contribution in [-0.4, -0.2) is 27.3 Å². The topological polar surface area (TPSA) is 55.6 Å². The Balaban J connectivity index is 2.10. The highest BCUT2D eigenvalue weighted by atomic mass is 15.6. The van der Waals surface area contributed by atoms with Gasteiger partial charge in [0.2, 0.25) is 0 Å². The second kappa shape index (κ2) is 4.70. The van der Waals surface area contributed by atoms with Gasteiger partial charge >= 0.3 is 0 Å². The van der Waals surface area contributed by atoms with Crippen LogP contribution in [0.5, 0.6) is 0 Å². The molecule has 1 aliphatic rings. The Hall–Kier alpha value is -0.970. The van der Waals surface area contributed by atoms with E-state index in [4.69, 9.17) is 0 Å². The van der Waals surface area contributed by atoms with E-state index in [2.05, 4.69) is 27.8 Å². The molecule has 0 spiro atoms. The molecule has 15 heavy (non-hydrogen) atoms. The SMILES string of the molecule is CNCc1nnnn1C1CCCC(C)C1. The summed E-state index contributed by atoms with van der Waals surface area (Å²) in [5.41, 5.74) is 0. The largest absolute Gasteiger partial charge is 0.313 e. The molecular formula is C10H19N5. The Morgan fingerprint density at radius 1 is 1.47 bits per heavy atom. The van der Waals surface area contributed by atoms with Gasteiger partial charge < -0.3 is 5.32 Å². The Morgan fingerprint density at radius 3 is 3.07 bits per heavy atom. The van der Waals surface area contributed by atoms with Crippen molar-refractivity contribution in [2.24, 2.45) is 5.92 Å². The van der Waals surface area contributed by atoms with Crippen LogP contribution in [0.15, 0.2) is 0 Å². The molecule has 2 rings (SSSR count). The van der Waals surface area contributed by atoms with E-state index in [1.165, 1.54) is 25.7 Å². The average Bonchev–Trinajstić information content (AvgIpc) is 2.66. The van der Waals surface area contributed by atoms with Crippen LogP contribution in [0.1, 0.15) is 44.5 Å². The van der Waals surface area contributed by atoms with Gasteiger partial charge in [-0.15, -0.1) is 5.10 Å². The Bertz CT molecular complexity index is 309. The molecule has 84 valence electrons. The van der Waals surface area contributed by atoms with Crippen molar-refractivity contribution < 1.29 is 0 Å². The minimum absolute atomic E-state index is 0.507. The fraction of sp³-hybridized carbons (Fsp3) is 0.900. The van der Waals surface area contributed by atoms with Gasteiger partial charge in [0.25, 0.3) is 0 Å². The van der Waals surface area contributed by atoms with Crippen LogP contribution >= 0.6 is 0 Å². The van der Waals surface area contributed by atoms with Crippen LogP contribution in [0.2, 0.25) is 0 Å². The van der Waals surface area contributed by atoms with Gasteiger partial charge in [-0.25, -0.2) is 4.68 Å². The van der Waals surface area contributed by atoms with E-state index in [1.807, 2.05) is 11.7 Å². The van der Waals surface area contributed by atoms with Gasteiger partial charge in [0.05, 0.1) is 12.6 Å². The van der Waals surface area contributed by atoms with E-state index in [0.29, 0.717) is 6.04 Å². The first kappa shape index (κ1) is 10.5. The van der Waals surface area contributed by atoms with Gasteiger partial charge in [-0.2, -0.15) is 0 Å². The maximum atomic E-state index is 4.11. The fourth-order valence-corrected chi connectivity index (χ4v) is 2.39. The summed E-state index contributed by atoms with van der Waals surface area (Å²) in [6.45, 7) is 3.06. The summed E-state index contributed by atoms with van der Waals surface area (Å²) in [5.74, 6) is 1.76. The van der Waals surface area contributed by atoms with Crippen molar-refractivity contribution in [3.8, 4) is 0 Å². The summed E-state index contributed by atoms with van der Waals surface area (Å²) in [5, 5.41) is 15.0. The van der Waals surface area contributed by atoms with Crippen LogP contribution < -0.4 is 5.32 Å². The van der Waals surface area contributed by atoms with E-state index >= 15 is 0 Å². The van der Waals surface area contributed by atoms with Crippen LogP contribution in [0.3, 0.4) is 0 Å². The van der Waals surface area contributed by atoms with Gasteiger partial charge in [0.15, 0.2) is 5.82 Å². The Morgan fingerprint density at radius 2 is 2.33 bits per heavy atom. The molecular weight excluding hydrogens is 190 g/mol. The lowest BCUT2D eigenvalue weighted by Crippen LogP contribution is -2.22. The molecule has 0 saturated heterocycles. The lowest BCUT2D eigenvalue weighted by molar-refractivity contribution is 0.258. The first-order chi connectivity index (χ1) is 7.31. The zero-order valence-corrected chi connectivity index (χ0v) is 9.48. The third kappa shape index (κ3) is 2.34. The highest BCUT2D eigenvalue weighted by Gasteiger charge is 2.23. The summed E-state index contributed by atoms with van der Waals surface area (Å²) >= 11 is 0. The molecule has 0 aromatic carbocycles. The zero-order chi connectivity index (χ0) is 10.7. The predicted molar refractivity (Wildman–Crippen MR) is 57.2 cm³/mol. The van der Waals surface area contributed by atoms with Crippen molar-refractivity contribution in [1.82, 2.24) is 25.5 Å². The second-order valence-electron chi connectivity index (χ2n) is 4.50. The quantitative estimate of drug-likeness (QED) is 0.811. The molecule has 1 aliphatic carbocycles. The fourth-order valence-electron chi connectivity index (χ4n) is 2.39. The molecule has 0 amide bonds. The van der Waals surface area contributed by atoms with E-state index in [9.17, 15) is 0 Å². The van der Waals surface area contributed by atoms with Gasteiger partial charge in [-0.05, 0) is 36.2 Å². The molecule has 1 fully saturated rings. The molecule has 0 aliphatic heterocycles. The van der Waals surface area contributed by atoms with Crippen molar-refractivity contribution in [3.63, 3.8) is 0 Å². The maximum Gasteiger partial charge on any atom is 0.165 e. The normalized spacial score (nSPS) is 26.8. The zero-order valence-electron chi connectivity index (χ0n) is 9.48. The number of nitrogens with zero attached hydrogens (tertiary/aromatic N) is 4. The van der Waals surface area contributed by atoms with Crippen LogP contribution in [-0.2, 0) is 6.54 Å². The van der Waals surface area contributed by atoms with Gasteiger partial charge in [0, 0.05) is 0 Å². The monoisotopic (exact) mass is 209 g/mol. The molecule has 1 aromatic rings. The summed E-state index contributed by atoms with van der Waals surface area (Å²) in [6, 6.07) is 0.507. The Kier molecular flexibility index (Phi) is 3.30. The lowest BCUT2D eigenvalue weighted by Gasteiger charge is -2.26. The molecule has 0 bridgehead atoms. The van der Waals surface area contributed by atoms with Crippen LogP contribution in [0.4, 0.5) is 0 Å². The number of tetrazole rings is 1. The predicted octanol–water partition coefficient (Wildman–Crippen LogP) is 1.14. The maximum absolute atomic E-state index is 4.11. The van der Waals surface area contributed by atoms with Crippen molar-refractivity contribution in [2.75, 3.05) is 7.05 Å². The molecule has 1 N–H and O–H groups in total. The molecule has 2 atom stereocenters. The first-order valence-electron chi connectivity index (χ1n) is 5.72. The summed E-state index contributed by atoms with van der Waals surface area (Å²) in [6.07, 6.45) is 5.07. The smallest absolute Gasteiger partial charge is 0.165 e. The molecule has 5 heteroatoms. The van der Waals surface area contributed by atoms with E-state index in [-0.39, 0.29) is 0 Å². The highest BCUT2D eigenvalue weighted by molar-refractivity contribution is 4.85. The standard InChI is InChI=1S/C10H19N5/c1-8-4-3-5-9(6-8)15-10(7-11-2)12-13-14-15/h8-9,11H,3-7H2,1-2H3. The molecule has 1 aromatic heterocycles. The van der Waals surface area contributed by atoms with Gasteiger partial charge in [-0.3, -0.25) is 0 Å². The summed E-state index contributed by atoms with van der Waals surface area (Å²) in [7, 11) is 1.92. The van der Waals surface area contributed by atoms with Crippen molar-refractivity contribution in [2.45, 2.75) is 45.2 Å². The van der Waals surface area contributed by atoms with Crippen molar-refractivity contribution in [1.29, 1.82) is 0 Å². The summed E-state index contributed by atoms with van der Waals surface area (Å²) in [4.78, 5) is 0. The first-order valence-corrected chi connectivity index (χ1v) is 5.72. The van der Waals surface area contributed by atoms with Gasteiger partial charge in [0.1, 0.15) is 0 Å². The molecule has 2 unspecified atom stereocenters. The highest BCUT2D eigenvalue weighted by Crippen LogP contribution is 2.31. The number of hydrogen-bond donors (Lipinski definition) is 1. The van der Waals surface area contributed by atoms with Crippen molar-refractivity contribution >= 4 is 0 Å². The van der Waals surface area contributed by atoms with Crippen LogP contribution in [0, 0.1) is 5.92 Å². The summed E-state index contributed by atoms with van der Waals surface area (Å²) < 4.78 is 2.01. The van der Waals surface area contributed by atoms with E-state index in [0.717, 1.165) is 18.3 Å². The molecule has 5 nitrogen and oxygen atoms in total. The number of hydrogen-bond acceptors (Lipinski definition) is 4. The third-order valence-corrected chi connectivity index (χ3v) is 3.15. The van der Waals surface area contributed by atoms with E-state index < -0.39 is 0 Å². The van der Waals surface area contributed by atoms with Crippen molar-refractivity contribution in [3.05, 3.63) is 5.82 Å². The molecule has 0 radical (unpaired) electrons. The van der Waals surface area contributed by atoms with Gasteiger partial charge in [-0.1, -0.05) is 19.8 Å².